The van der Waals surface area contributed by atoms with Gasteiger partial charge in [-0.05, 0) is 35.7 Å². The van der Waals surface area contributed by atoms with Crippen LogP contribution in [0.3, 0.4) is 0 Å². The standard InChI is InChI=1S/C23H17F3N2/c1-16(17-7-9-19(10-8-17)18-5-3-2-4-6-18)28-22(15-27)20-11-13-21(14-12-20)23(24,25)26/h2-14,16H,1H3/t16-/m1/s1. The molecule has 0 unspecified atom stereocenters. The maximum absolute atomic E-state index is 12.7. The van der Waals surface area contributed by atoms with Crippen LogP contribution in [0, 0.1) is 11.3 Å². The number of halogens is 3. The van der Waals surface area contributed by atoms with Gasteiger partial charge < -0.3 is 0 Å². The van der Waals surface area contributed by atoms with Gasteiger partial charge in [-0.3, -0.25) is 4.99 Å². The summed E-state index contributed by atoms with van der Waals surface area (Å²) in [6, 6.07) is 24.0. The van der Waals surface area contributed by atoms with Crippen molar-refractivity contribution >= 4 is 5.71 Å². The Morgan fingerprint density at radius 2 is 1.43 bits per heavy atom. The van der Waals surface area contributed by atoms with Crippen LogP contribution in [-0.4, -0.2) is 5.71 Å². The van der Waals surface area contributed by atoms with Crippen molar-refractivity contribution in [1.82, 2.24) is 0 Å². The van der Waals surface area contributed by atoms with Crippen molar-refractivity contribution in [2.45, 2.75) is 19.1 Å². The molecule has 0 aliphatic carbocycles. The molecule has 140 valence electrons. The maximum Gasteiger partial charge on any atom is 0.416 e. The summed E-state index contributed by atoms with van der Waals surface area (Å²) in [5, 5.41) is 9.39. The Balaban J connectivity index is 1.82. The van der Waals surface area contributed by atoms with E-state index in [4.69, 9.17) is 0 Å². The first-order chi connectivity index (χ1) is 13.4. The zero-order chi connectivity index (χ0) is 20.1. The molecule has 1 atom stereocenters. The summed E-state index contributed by atoms with van der Waals surface area (Å²) < 4.78 is 38.1. The van der Waals surface area contributed by atoms with Gasteiger partial charge in [0.15, 0.2) is 0 Å². The van der Waals surface area contributed by atoms with Gasteiger partial charge in [0, 0.05) is 5.56 Å². The SMILES string of the molecule is C[C@@H](N=C(C#N)c1ccc(C(F)(F)F)cc1)c1ccc(-c2ccccc2)cc1. The van der Waals surface area contributed by atoms with Crippen molar-refractivity contribution in [1.29, 1.82) is 5.26 Å². The Kier molecular flexibility index (Phi) is 5.60. The largest absolute Gasteiger partial charge is 0.416 e. The summed E-state index contributed by atoms with van der Waals surface area (Å²) in [6.45, 7) is 1.85. The van der Waals surface area contributed by atoms with Crippen LogP contribution in [0.5, 0.6) is 0 Å². The summed E-state index contributed by atoms with van der Waals surface area (Å²) in [5.74, 6) is 0. The molecular weight excluding hydrogens is 361 g/mol. The first-order valence-electron chi connectivity index (χ1n) is 8.69. The summed E-state index contributed by atoms with van der Waals surface area (Å²) in [7, 11) is 0. The van der Waals surface area contributed by atoms with E-state index in [9.17, 15) is 18.4 Å². The molecule has 28 heavy (non-hydrogen) atoms. The van der Waals surface area contributed by atoms with Crippen molar-refractivity contribution < 1.29 is 13.2 Å². The number of rotatable bonds is 4. The van der Waals surface area contributed by atoms with E-state index in [0.29, 0.717) is 5.56 Å². The van der Waals surface area contributed by atoms with Gasteiger partial charge >= 0.3 is 6.18 Å². The molecule has 0 saturated carbocycles. The quantitative estimate of drug-likeness (QED) is 0.481. The minimum atomic E-state index is -4.41. The minimum absolute atomic E-state index is 0.105. The highest BCUT2D eigenvalue weighted by molar-refractivity contribution is 6.11. The first kappa shape index (κ1) is 19.4. The summed E-state index contributed by atoms with van der Waals surface area (Å²) in [6.07, 6.45) is -4.41. The molecule has 0 aromatic heterocycles. The lowest BCUT2D eigenvalue weighted by atomic mass is 10.0. The summed E-state index contributed by atoms with van der Waals surface area (Å²) in [5.41, 5.74) is 2.81. The zero-order valence-electron chi connectivity index (χ0n) is 15.1. The summed E-state index contributed by atoms with van der Waals surface area (Å²) >= 11 is 0. The fourth-order valence-corrected chi connectivity index (χ4v) is 2.84. The number of aliphatic imine (C=N–C) groups is 1. The van der Waals surface area contributed by atoms with Crippen LogP contribution in [0.1, 0.15) is 29.7 Å². The molecule has 0 fully saturated rings. The van der Waals surface area contributed by atoms with Crippen molar-refractivity contribution in [2.75, 3.05) is 0 Å². The Bertz CT molecular complexity index is 997. The average Bonchev–Trinajstić information content (AvgIpc) is 2.72. The normalized spacial score (nSPS) is 13.0. The highest BCUT2D eigenvalue weighted by Gasteiger charge is 2.30. The van der Waals surface area contributed by atoms with Crippen molar-refractivity contribution in [3.8, 4) is 17.2 Å². The number of nitrogens with zero attached hydrogens (tertiary/aromatic N) is 2. The Hall–Kier alpha value is -3.39. The van der Waals surface area contributed by atoms with E-state index in [1.165, 1.54) is 12.1 Å². The Morgan fingerprint density at radius 1 is 0.857 bits per heavy atom. The molecule has 0 spiro atoms. The molecule has 5 heteroatoms. The molecule has 0 bridgehead atoms. The predicted molar refractivity (Wildman–Crippen MR) is 104 cm³/mol. The third-order valence-corrected chi connectivity index (χ3v) is 4.41. The topological polar surface area (TPSA) is 36.1 Å². The molecule has 0 amide bonds. The fourth-order valence-electron chi connectivity index (χ4n) is 2.84. The van der Waals surface area contributed by atoms with Crippen LogP contribution >= 0.6 is 0 Å². The smallest absolute Gasteiger partial charge is 0.266 e. The van der Waals surface area contributed by atoms with Crippen LogP contribution in [0.25, 0.3) is 11.1 Å². The molecule has 0 N–H and O–H groups in total. The second kappa shape index (κ2) is 8.10. The average molecular weight is 378 g/mol. The Labute approximate surface area is 161 Å². The van der Waals surface area contributed by atoms with Crippen molar-refractivity contribution in [3.05, 3.63) is 95.6 Å². The van der Waals surface area contributed by atoms with E-state index in [1.54, 1.807) is 0 Å². The van der Waals surface area contributed by atoms with Crippen molar-refractivity contribution in [2.24, 2.45) is 4.99 Å². The fraction of sp³-hybridized carbons (Fsp3) is 0.130. The van der Waals surface area contributed by atoms with E-state index in [2.05, 4.69) is 4.99 Å². The summed E-state index contributed by atoms with van der Waals surface area (Å²) in [4.78, 5) is 4.40. The molecule has 0 saturated heterocycles. The second-order valence-corrected chi connectivity index (χ2v) is 6.33. The van der Waals surface area contributed by atoms with Crippen LogP contribution in [-0.2, 0) is 6.18 Å². The molecule has 0 radical (unpaired) electrons. The van der Waals surface area contributed by atoms with Gasteiger partial charge in [-0.2, -0.15) is 18.4 Å². The molecule has 2 nitrogen and oxygen atoms in total. The van der Waals surface area contributed by atoms with Gasteiger partial charge in [-0.15, -0.1) is 0 Å². The van der Waals surface area contributed by atoms with E-state index >= 15 is 0 Å². The third-order valence-electron chi connectivity index (χ3n) is 4.41. The van der Waals surface area contributed by atoms with Gasteiger partial charge in [0.25, 0.3) is 0 Å². The molecule has 0 aliphatic rings. The van der Waals surface area contributed by atoms with E-state index < -0.39 is 11.7 Å². The monoisotopic (exact) mass is 378 g/mol. The third kappa shape index (κ3) is 4.47. The molecule has 3 aromatic carbocycles. The van der Waals surface area contributed by atoms with Crippen LogP contribution < -0.4 is 0 Å². The second-order valence-electron chi connectivity index (χ2n) is 6.33. The van der Waals surface area contributed by atoms with Gasteiger partial charge in [0.05, 0.1) is 11.6 Å². The van der Waals surface area contributed by atoms with Gasteiger partial charge in [0.2, 0.25) is 0 Å². The number of hydrogen-bond acceptors (Lipinski definition) is 2. The molecule has 0 aliphatic heterocycles. The lowest BCUT2D eigenvalue weighted by molar-refractivity contribution is -0.137. The van der Waals surface area contributed by atoms with Gasteiger partial charge in [-0.25, -0.2) is 0 Å². The van der Waals surface area contributed by atoms with Gasteiger partial charge in [0.1, 0.15) is 11.8 Å². The van der Waals surface area contributed by atoms with E-state index in [1.807, 2.05) is 67.6 Å². The highest BCUT2D eigenvalue weighted by atomic mass is 19.4. The Morgan fingerprint density at radius 3 is 1.96 bits per heavy atom. The van der Waals surface area contributed by atoms with E-state index in [0.717, 1.165) is 28.8 Å². The number of nitriles is 1. The lowest BCUT2D eigenvalue weighted by Gasteiger charge is -2.10. The lowest BCUT2D eigenvalue weighted by Crippen LogP contribution is -2.06. The predicted octanol–water partition coefficient (Wildman–Crippen LogP) is 6.45. The maximum atomic E-state index is 12.7. The van der Waals surface area contributed by atoms with Crippen LogP contribution in [0.15, 0.2) is 83.9 Å². The number of alkyl halides is 3. The first-order valence-corrected chi connectivity index (χ1v) is 8.69. The molecule has 3 rings (SSSR count). The molecule has 0 heterocycles. The number of benzene rings is 3. The van der Waals surface area contributed by atoms with Crippen LogP contribution in [0.4, 0.5) is 13.2 Å². The van der Waals surface area contributed by atoms with Crippen LogP contribution in [0.2, 0.25) is 0 Å². The zero-order valence-corrected chi connectivity index (χ0v) is 15.1. The van der Waals surface area contributed by atoms with E-state index in [-0.39, 0.29) is 11.8 Å². The minimum Gasteiger partial charge on any atom is -0.266 e. The molecular formula is C23H17F3N2. The highest BCUT2D eigenvalue weighted by Crippen LogP contribution is 2.29. The molecule has 3 aromatic rings. The number of hydrogen-bond donors (Lipinski definition) is 0. The van der Waals surface area contributed by atoms with Crippen molar-refractivity contribution in [3.63, 3.8) is 0 Å². The van der Waals surface area contributed by atoms with Gasteiger partial charge in [-0.1, -0.05) is 66.7 Å².